The Morgan fingerprint density at radius 1 is 1.03 bits per heavy atom. The van der Waals surface area contributed by atoms with Crippen molar-refractivity contribution in [3.8, 4) is 0 Å². The van der Waals surface area contributed by atoms with Gasteiger partial charge < -0.3 is 5.32 Å². The van der Waals surface area contributed by atoms with Gasteiger partial charge in [-0.2, -0.15) is 0 Å². The van der Waals surface area contributed by atoms with Gasteiger partial charge in [-0.05, 0) is 48.7 Å². The summed E-state index contributed by atoms with van der Waals surface area (Å²) in [5.74, 6) is 0.651. The number of amides is 2. The molecule has 2 aromatic rings. The molecule has 1 aliphatic heterocycles. The summed E-state index contributed by atoms with van der Waals surface area (Å²) < 4.78 is 0. The van der Waals surface area contributed by atoms with E-state index >= 15 is 0 Å². The van der Waals surface area contributed by atoms with Crippen molar-refractivity contribution in [1.82, 2.24) is 0 Å². The molecule has 2 amide bonds. The number of hydrogen-bond donors (Lipinski definition) is 1. The van der Waals surface area contributed by atoms with Gasteiger partial charge in [-0.3, -0.25) is 14.5 Å². The fraction of sp³-hybridized carbons (Fsp3) is 0.462. The van der Waals surface area contributed by atoms with Gasteiger partial charge in [0.1, 0.15) is 5.37 Å². The number of nitrogens with one attached hydrogen (secondary N) is 1. The Bertz CT molecular complexity index is 883. The number of carbonyl (C=O) groups excluding carboxylic acids is 2. The molecular weight excluding hydrogens is 404 g/mol. The molecule has 1 fully saturated rings. The highest BCUT2D eigenvalue weighted by Crippen LogP contribution is 2.42. The summed E-state index contributed by atoms with van der Waals surface area (Å²) in [5, 5.41) is 2.97. The lowest BCUT2D eigenvalue weighted by Gasteiger charge is -2.25. The van der Waals surface area contributed by atoms with E-state index in [4.69, 9.17) is 0 Å². The zero-order chi connectivity index (χ0) is 22.1. The first-order valence-electron chi connectivity index (χ1n) is 11.5. The molecule has 166 valence electrons. The number of thioether (sulfide) groups is 1. The number of benzene rings is 2. The molecule has 31 heavy (non-hydrogen) atoms. The minimum atomic E-state index is -0.0747. The largest absolute Gasteiger partial charge is 0.326 e. The molecule has 5 heteroatoms. The summed E-state index contributed by atoms with van der Waals surface area (Å²) in [4.78, 5) is 26.8. The third-order valence-corrected chi connectivity index (χ3v) is 6.82. The van der Waals surface area contributed by atoms with Crippen molar-refractivity contribution in [1.29, 1.82) is 0 Å². The lowest BCUT2D eigenvalue weighted by atomic mass is 10.1. The van der Waals surface area contributed by atoms with Crippen molar-refractivity contribution in [2.45, 2.75) is 70.6 Å². The summed E-state index contributed by atoms with van der Waals surface area (Å²) in [6.45, 7) is 4.26. The maximum atomic E-state index is 12.6. The van der Waals surface area contributed by atoms with Crippen molar-refractivity contribution in [2.75, 3.05) is 16.0 Å². The number of rotatable bonds is 11. The van der Waals surface area contributed by atoms with E-state index in [1.807, 2.05) is 60.4 Å². The Hall–Kier alpha value is -2.27. The van der Waals surface area contributed by atoms with Gasteiger partial charge in [-0.15, -0.1) is 11.8 Å². The van der Waals surface area contributed by atoms with Gasteiger partial charge >= 0.3 is 0 Å². The molecule has 2 aromatic carbocycles. The van der Waals surface area contributed by atoms with Crippen molar-refractivity contribution < 1.29 is 9.59 Å². The molecule has 0 aromatic heterocycles. The third kappa shape index (κ3) is 6.86. The average molecular weight is 439 g/mol. The van der Waals surface area contributed by atoms with E-state index in [0.29, 0.717) is 12.2 Å². The molecule has 3 rings (SSSR count). The second-order valence-corrected chi connectivity index (χ2v) is 9.38. The topological polar surface area (TPSA) is 49.4 Å². The van der Waals surface area contributed by atoms with E-state index in [1.165, 1.54) is 32.1 Å². The van der Waals surface area contributed by atoms with Crippen LogP contribution >= 0.6 is 11.8 Å². The van der Waals surface area contributed by atoms with Gasteiger partial charge in [0.2, 0.25) is 11.8 Å². The Morgan fingerprint density at radius 3 is 2.55 bits per heavy atom. The highest BCUT2D eigenvalue weighted by molar-refractivity contribution is 8.00. The van der Waals surface area contributed by atoms with Crippen LogP contribution in [-0.2, 0) is 9.59 Å². The lowest BCUT2D eigenvalue weighted by molar-refractivity contribution is -0.117. The average Bonchev–Trinajstić information content (AvgIpc) is 3.15. The molecule has 1 aliphatic rings. The van der Waals surface area contributed by atoms with Crippen LogP contribution in [0.25, 0.3) is 0 Å². The Labute approximate surface area is 190 Å². The van der Waals surface area contributed by atoms with Crippen molar-refractivity contribution in [3.05, 3.63) is 59.7 Å². The number of unbranched alkanes of at least 4 members (excludes halogenated alkanes) is 6. The summed E-state index contributed by atoms with van der Waals surface area (Å²) in [6.07, 6.45) is 8.97. The minimum absolute atomic E-state index is 0.0661. The monoisotopic (exact) mass is 438 g/mol. The Kier molecular flexibility index (Phi) is 9.01. The van der Waals surface area contributed by atoms with E-state index in [0.717, 1.165) is 35.3 Å². The standard InChI is InChI=1S/C26H34N2O2S/c1-3-4-5-6-7-8-9-16-24(29)27-22-14-11-13-21(18-22)26-28(25(30)19-31-26)23-15-10-12-20(2)17-23/h10-15,17-18,26H,3-9,16,19H2,1-2H3,(H,27,29)/t26-/m1/s1. The number of anilines is 2. The lowest BCUT2D eigenvalue weighted by Crippen LogP contribution is -2.27. The molecule has 1 atom stereocenters. The fourth-order valence-electron chi connectivity index (χ4n) is 3.96. The van der Waals surface area contributed by atoms with Crippen LogP contribution in [0.2, 0.25) is 0 Å². The zero-order valence-electron chi connectivity index (χ0n) is 18.7. The smallest absolute Gasteiger partial charge is 0.238 e. The van der Waals surface area contributed by atoms with Crippen LogP contribution in [0.5, 0.6) is 0 Å². The number of hydrogen-bond acceptors (Lipinski definition) is 3. The van der Waals surface area contributed by atoms with Crippen LogP contribution in [0.4, 0.5) is 11.4 Å². The highest BCUT2D eigenvalue weighted by Gasteiger charge is 2.34. The van der Waals surface area contributed by atoms with E-state index in [1.54, 1.807) is 11.8 Å². The van der Waals surface area contributed by atoms with Crippen molar-refractivity contribution in [3.63, 3.8) is 0 Å². The van der Waals surface area contributed by atoms with Gasteiger partial charge in [-0.1, -0.05) is 69.7 Å². The van der Waals surface area contributed by atoms with Gasteiger partial charge in [-0.25, -0.2) is 0 Å². The first-order valence-corrected chi connectivity index (χ1v) is 12.5. The van der Waals surface area contributed by atoms with Gasteiger partial charge in [0.15, 0.2) is 0 Å². The summed E-state index contributed by atoms with van der Waals surface area (Å²) in [5.41, 5.74) is 3.89. The summed E-state index contributed by atoms with van der Waals surface area (Å²) in [7, 11) is 0. The number of aryl methyl sites for hydroxylation is 1. The molecule has 0 aliphatic carbocycles. The molecule has 0 unspecified atom stereocenters. The third-order valence-electron chi connectivity index (χ3n) is 5.61. The summed E-state index contributed by atoms with van der Waals surface area (Å²) in [6, 6.07) is 16.0. The maximum Gasteiger partial charge on any atom is 0.238 e. The van der Waals surface area contributed by atoms with Crippen LogP contribution < -0.4 is 10.2 Å². The maximum absolute atomic E-state index is 12.6. The molecule has 4 nitrogen and oxygen atoms in total. The fourth-order valence-corrected chi connectivity index (χ4v) is 5.13. The number of carbonyl (C=O) groups is 2. The van der Waals surface area contributed by atoms with E-state index in [-0.39, 0.29) is 17.2 Å². The van der Waals surface area contributed by atoms with Crippen molar-refractivity contribution in [2.24, 2.45) is 0 Å². The van der Waals surface area contributed by atoms with Crippen LogP contribution in [0, 0.1) is 6.92 Å². The predicted octanol–water partition coefficient (Wildman–Crippen LogP) is 6.85. The molecule has 0 radical (unpaired) electrons. The minimum Gasteiger partial charge on any atom is -0.326 e. The highest BCUT2D eigenvalue weighted by atomic mass is 32.2. The quantitative estimate of drug-likeness (QED) is 0.390. The van der Waals surface area contributed by atoms with Crippen LogP contribution in [0.15, 0.2) is 48.5 Å². The van der Waals surface area contributed by atoms with E-state index in [9.17, 15) is 9.59 Å². The Balaban J connectivity index is 1.57. The second-order valence-electron chi connectivity index (χ2n) is 8.31. The molecule has 1 N–H and O–H groups in total. The van der Waals surface area contributed by atoms with Crippen molar-refractivity contribution >= 4 is 35.0 Å². The van der Waals surface area contributed by atoms with Crippen LogP contribution in [-0.4, -0.2) is 17.6 Å². The van der Waals surface area contributed by atoms with Gasteiger partial charge in [0.05, 0.1) is 5.75 Å². The molecular formula is C26H34N2O2S. The molecule has 0 bridgehead atoms. The molecule has 1 saturated heterocycles. The van der Waals surface area contributed by atoms with Crippen LogP contribution in [0.1, 0.15) is 74.8 Å². The second kappa shape index (κ2) is 11.9. The molecule has 0 spiro atoms. The normalized spacial score (nSPS) is 16.0. The first kappa shape index (κ1) is 23.4. The van der Waals surface area contributed by atoms with Crippen LogP contribution in [0.3, 0.4) is 0 Å². The first-order chi connectivity index (χ1) is 15.1. The Morgan fingerprint density at radius 2 is 1.77 bits per heavy atom. The zero-order valence-corrected chi connectivity index (χ0v) is 19.5. The van der Waals surface area contributed by atoms with E-state index < -0.39 is 0 Å². The molecule has 0 saturated carbocycles. The molecule has 1 heterocycles. The van der Waals surface area contributed by atoms with E-state index in [2.05, 4.69) is 12.2 Å². The predicted molar refractivity (Wildman–Crippen MR) is 132 cm³/mol. The van der Waals surface area contributed by atoms with Gasteiger partial charge in [0, 0.05) is 17.8 Å². The van der Waals surface area contributed by atoms with Gasteiger partial charge in [0.25, 0.3) is 0 Å². The SMILES string of the molecule is CCCCCCCCCC(=O)Nc1cccc([C@H]2SCC(=O)N2c2cccc(C)c2)c1. The summed E-state index contributed by atoms with van der Waals surface area (Å²) >= 11 is 1.63. The number of nitrogens with zero attached hydrogens (tertiary/aromatic N) is 1.